The Bertz CT molecular complexity index is 678. The number of carbonyl (C=O) groups is 2. The lowest BCUT2D eigenvalue weighted by atomic mass is 9.86. The number of likely N-dealkylation sites (tertiary alicyclic amines) is 1. The summed E-state index contributed by atoms with van der Waals surface area (Å²) in [6.45, 7) is 6.97. The van der Waals surface area contributed by atoms with Gasteiger partial charge in [-0.1, -0.05) is 17.7 Å². The molecule has 0 aliphatic carbocycles. The second kappa shape index (κ2) is 6.41. The van der Waals surface area contributed by atoms with Gasteiger partial charge in [-0.15, -0.1) is 0 Å². The smallest absolute Gasteiger partial charge is 0.410 e. The van der Waals surface area contributed by atoms with E-state index in [0.29, 0.717) is 37.6 Å². The van der Waals surface area contributed by atoms with Crippen LogP contribution >= 0.6 is 11.6 Å². The Balaban J connectivity index is 1.75. The molecule has 1 N–H and O–H groups in total. The van der Waals surface area contributed by atoms with Crippen LogP contribution in [0.5, 0.6) is 0 Å². The number of rotatable bonds is 1. The number of hydrogen-bond acceptors (Lipinski definition) is 4. The lowest BCUT2D eigenvalue weighted by molar-refractivity contribution is -0.125. The van der Waals surface area contributed by atoms with Crippen LogP contribution < -0.4 is 10.2 Å². The molecule has 0 radical (unpaired) electrons. The molecule has 0 saturated carbocycles. The number of hydrogen-bond donors (Lipinski definition) is 1. The average Bonchev–Trinajstić information content (AvgIpc) is 2.83. The molecule has 0 atom stereocenters. The van der Waals surface area contributed by atoms with Gasteiger partial charge in [0.05, 0.1) is 6.67 Å². The summed E-state index contributed by atoms with van der Waals surface area (Å²) >= 11 is 6.11. The lowest BCUT2D eigenvalue weighted by Crippen LogP contribution is -2.57. The summed E-state index contributed by atoms with van der Waals surface area (Å²) in [5, 5.41) is 3.58. The van der Waals surface area contributed by atoms with Gasteiger partial charge in [0.15, 0.2) is 0 Å². The van der Waals surface area contributed by atoms with Gasteiger partial charge in [0.25, 0.3) is 0 Å². The van der Waals surface area contributed by atoms with Crippen LogP contribution in [-0.4, -0.2) is 47.8 Å². The maximum Gasteiger partial charge on any atom is 0.410 e. The summed E-state index contributed by atoms with van der Waals surface area (Å²) in [5.74, 6) is 0.0105. The van der Waals surface area contributed by atoms with Crippen LogP contribution in [-0.2, 0) is 9.53 Å². The first-order chi connectivity index (χ1) is 11.7. The van der Waals surface area contributed by atoms with E-state index in [0.717, 1.165) is 5.69 Å². The highest BCUT2D eigenvalue weighted by atomic mass is 35.5. The molecule has 1 spiro atoms. The fraction of sp³-hybridized carbons (Fsp3) is 0.556. The van der Waals surface area contributed by atoms with Gasteiger partial charge < -0.3 is 19.9 Å². The Morgan fingerprint density at radius 3 is 2.56 bits per heavy atom. The maximum atomic E-state index is 12.6. The second-order valence-corrected chi connectivity index (χ2v) is 8.01. The Morgan fingerprint density at radius 2 is 1.96 bits per heavy atom. The number of piperidine rings is 1. The van der Waals surface area contributed by atoms with Gasteiger partial charge in [0, 0.05) is 23.8 Å². The molecule has 2 amide bonds. The van der Waals surface area contributed by atoms with E-state index in [2.05, 4.69) is 10.2 Å². The fourth-order valence-corrected chi connectivity index (χ4v) is 3.64. The zero-order valence-electron chi connectivity index (χ0n) is 14.8. The van der Waals surface area contributed by atoms with Gasteiger partial charge in [-0.05, 0) is 51.8 Å². The van der Waals surface area contributed by atoms with Gasteiger partial charge in [0.2, 0.25) is 5.91 Å². The minimum absolute atomic E-state index is 0.0105. The van der Waals surface area contributed by atoms with Gasteiger partial charge in [-0.2, -0.15) is 0 Å². The van der Waals surface area contributed by atoms with E-state index >= 15 is 0 Å². The van der Waals surface area contributed by atoms with E-state index < -0.39 is 11.1 Å². The fourth-order valence-electron chi connectivity index (χ4n) is 3.45. The van der Waals surface area contributed by atoms with Crippen molar-refractivity contribution >= 4 is 29.3 Å². The summed E-state index contributed by atoms with van der Waals surface area (Å²) in [7, 11) is 0. The molecule has 0 unspecified atom stereocenters. The number of benzene rings is 1. The molecule has 25 heavy (non-hydrogen) atoms. The van der Waals surface area contributed by atoms with Crippen molar-refractivity contribution in [1.29, 1.82) is 0 Å². The van der Waals surface area contributed by atoms with Gasteiger partial charge in [-0.3, -0.25) is 4.79 Å². The Morgan fingerprint density at radius 1 is 1.28 bits per heavy atom. The van der Waals surface area contributed by atoms with Gasteiger partial charge in [0.1, 0.15) is 11.1 Å². The number of anilines is 1. The van der Waals surface area contributed by atoms with Crippen LogP contribution in [0.3, 0.4) is 0 Å². The van der Waals surface area contributed by atoms with Gasteiger partial charge >= 0.3 is 6.09 Å². The Kier molecular flexibility index (Phi) is 4.58. The monoisotopic (exact) mass is 365 g/mol. The molecule has 3 rings (SSSR count). The minimum atomic E-state index is -0.636. The van der Waals surface area contributed by atoms with Gasteiger partial charge in [-0.25, -0.2) is 4.79 Å². The zero-order valence-corrected chi connectivity index (χ0v) is 15.6. The van der Waals surface area contributed by atoms with E-state index in [4.69, 9.17) is 16.3 Å². The summed E-state index contributed by atoms with van der Waals surface area (Å²) in [6.07, 6.45) is 0.796. The van der Waals surface area contributed by atoms with E-state index in [1.165, 1.54) is 0 Å². The quantitative estimate of drug-likeness (QED) is 0.831. The first-order valence-corrected chi connectivity index (χ1v) is 8.88. The van der Waals surface area contributed by atoms with E-state index in [-0.39, 0.29) is 12.0 Å². The lowest BCUT2D eigenvalue weighted by Gasteiger charge is -2.43. The van der Waals surface area contributed by atoms with Crippen LogP contribution in [0.25, 0.3) is 0 Å². The largest absolute Gasteiger partial charge is 0.444 e. The highest BCUT2D eigenvalue weighted by Crippen LogP contribution is 2.37. The van der Waals surface area contributed by atoms with Crippen LogP contribution in [0.1, 0.15) is 33.6 Å². The first kappa shape index (κ1) is 17.9. The van der Waals surface area contributed by atoms with Crippen molar-refractivity contribution in [1.82, 2.24) is 10.2 Å². The number of ether oxygens (including phenoxy) is 1. The third-order valence-electron chi connectivity index (χ3n) is 4.70. The summed E-state index contributed by atoms with van der Waals surface area (Å²) in [5.41, 5.74) is -0.246. The van der Waals surface area contributed by atoms with E-state index in [9.17, 15) is 9.59 Å². The van der Waals surface area contributed by atoms with Crippen molar-refractivity contribution in [2.45, 2.75) is 44.8 Å². The molecule has 2 saturated heterocycles. The molecule has 0 bridgehead atoms. The molecule has 136 valence electrons. The predicted molar refractivity (Wildman–Crippen MR) is 96.7 cm³/mol. The standard InChI is InChI=1S/C18H24ClN3O3/c1-17(2,3)25-16(24)21-9-7-18(8-10-21)15(23)20-12-22(18)14-6-4-5-13(19)11-14/h4-6,11H,7-10,12H2,1-3H3,(H,20,23). The number of halogens is 1. The predicted octanol–water partition coefficient (Wildman–Crippen LogP) is 3.00. The van der Waals surface area contributed by atoms with Crippen LogP contribution in [0.4, 0.5) is 10.5 Å². The van der Waals surface area contributed by atoms with Crippen molar-refractivity contribution in [2.75, 3.05) is 24.7 Å². The molecular formula is C18H24ClN3O3. The minimum Gasteiger partial charge on any atom is -0.444 e. The molecule has 6 nitrogen and oxygen atoms in total. The number of carbonyl (C=O) groups excluding carboxylic acids is 2. The van der Waals surface area contributed by atoms with Crippen molar-refractivity contribution in [3.05, 3.63) is 29.3 Å². The summed E-state index contributed by atoms with van der Waals surface area (Å²) < 4.78 is 5.44. The van der Waals surface area contributed by atoms with E-state index in [1.54, 1.807) is 4.90 Å². The topological polar surface area (TPSA) is 61.9 Å². The van der Waals surface area contributed by atoms with Crippen molar-refractivity contribution < 1.29 is 14.3 Å². The van der Waals surface area contributed by atoms with Crippen LogP contribution in [0.15, 0.2) is 24.3 Å². The highest BCUT2D eigenvalue weighted by molar-refractivity contribution is 6.30. The molecule has 1 aromatic carbocycles. The number of amides is 2. The number of nitrogens with one attached hydrogen (secondary N) is 1. The van der Waals surface area contributed by atoms with Crippen molar-refractivity contribution in [2.24, 2.45) is 0 Å². The Labute approximate surface area is 153 Å². The molecule has 2 heterocycles. The average molecular weight is 366 g/mol. The van der Waals surface area contributed by atoms with Crippen LogP contribution in [0, 0.1) is 0 Å². The molecule has 2 fully saturated rings. The second-order valence-electron chi connectivity index (χ2n) is 7.57. The summed E-state index contributed by atoms with van der Waals surface area (Å²) in [6, 6.07) is 7.51. The van der Waals surface area contributed by atoms with Crippen LogP contribution in [0.2, 0.25) is 5.02 Å². The SMILES string of the molecule is CC(C)(C)OC(=O)N1CCC2(CC1)C(=O)NCN2c1cccc(Cl)c1. The molecule has 2 aliphatic heterocycles. The molecule has 7 heteroatoms. The summed E-state index contributed by atoms with van der Waals surface area (Å²) in [4.78, 5) is 28.6. The molecule has 2 aliphatic rings. The highest BCUT2D eigenvalue weighted by Gasteiger charge is 2.51. The normalized spacial score (nSPS) is 19.9. The van der Waals surface area contributed by atoms with E-state index in [1.807, 2.05) is 45.0 Å². The maximum absolute atomic E-state index is 12.6. The number of nitrogens with zero attached hydrogens (tertiary/aromatic N) is 2. The third-order valence-corrected chi connectivity index (χ3v) is 4.93. The Hall–Kier alpha value is -1.95. The zero-order chi connectivity index (χ0) is 18.2. The third kappa shape index (κ3) is 3.54. The van der Waals surface area contributed by atoms with Crippen molar-refractivity contribution in [3.8, 4) is 0 Å². The molecule has 1 aromatic rings. The molecular weight excluding hydrogens is 342 g/mol. The van der Waals surface area contributed by atoms with Crippen molar-refractivity contribution in [3.63, 3.8) is 0 Å². The molecule has 0 aromatic heterocycles. The first-order valence-electron chi connectivity index (χ1n) is 8.51.